The maximum absolute atomic E-state index is 13.8. The van der Waals surface area contributed by atoms with Crippen LogP contribution < -0.4 is 15.5 Å². The summed E-state index contributed by atoms with van der Waals surface area (Å²) in [6.07, 6.45) is 0. The largest absolute Gasteiger partial charge is 0.366 e. The van der Waals surface area contributed by atoms with Crippen molar-refractivity contribution < 1.29 is 14.0 Å². The van der Waals surface area contributed by atoms with Crippen LogP contribution in [-0.2, 0) is 4.79 Å². The van der Waals surface area contributed by atoms with Crippen molar-refractivity contribution in [2.75, 3.05) is 42.9 Å². The predicted octanol–water partition coefficient (Wildman–Crippen LogP) is 2.30. The molecule has 0 radical (unpaired) electrons. The van der Waals surface area contributed by atoms with Crippen molar-refractivity contribution in [2.24, 2.45) is 0 Å². The number of amides is 3. The summed E-state index contributed by atoms with van der Waals surface area (Å²) in [4.78, 5) is 27.7. The molecule has 1 heterocycles. The van der Waals surface area contributed by atoms with Gasteiger partial charge in [0.25, 0.3) is 0 Å². The van der Waals surface area contributed by atoms with E-state index in [4.69, 9.17) is 0 Å². The van der Waals surface area contributed by atoms with E-state index in [1.54, 1.807) is 35.2 Å². The lowest BCUT2D eigenvalue weighted by atomic mass is 10.2. The van der Waals surface area contributed by atoms with E-state index in [-0.39, 0.29) is 18.3 Å². The lowest BCUT2D eigenvalue weighted by Gasteiger charge is -2.36. The molecule has 0 atom stereocenters. The van der Waals surface area contributed by atoms with E-state index >= 15 is 0 Å². The predicted molar refractivity (Wildman–Crippen MR) is 98.7 cm³/mol. The van der Waals surface area contributed by atoms with Gasteiger partial charge >= 0.3 is 6.03 Å². The molecule has 0 bridgehead atoms. The van der Waals surface area contributed by atoms with Crippen LogP contribution in [0.2, 0.25) is 0 Å². The van der Waals surface area contributed by atoms with Crippen LogP contribution in [0.15, 0.2) is 54.6 Å². The third-order valence-electron chi connectivity index (χ3n) is 4.26. The number of nitrogens with one attached hydrogen (secondary N) is 2. The van der Waals surface area contributed by atoms with Gasteiger partial charge in [0.1, 0.15) is 5.82 Å². The number of para-hydroxylation sites is 2. The Morgan fingerprint density at radius 1 is 0.923 bits per heavy atom. The Hall–Kier alpha value is -3.09. The number of carbonyl (C=O) groups is 2. The highest BCUT2D eigenvalue weighted by molar-refractivity contribution is 5.92. The molecule has 1 saturated heterocycles. The van der Waals surface area contributed by atoms with Gasteiger partial charge in [0.15, 0.2) is 0 Å². The van der Waals surface area contributed by atoms with E-state index < -0.39 is 6.03 Å². The minimum absolute atomic E-state index is 0.0711. The number of carbonyl (C=O) groups excluding carboxylic acids is 2. The Labute approximate surface area is 151 Å². The van der Waals surface area contributed by atoms with E-state index in [1.165, 1.54) is 6.07 Å². The van der Waals surface area contributed by atoms with Gasteiger partial charge in [-0.1, -0.05) is 30.3 Å². The lowest BCUT2D eigenvalue weighted by Crippen LogP contribution is -2.51. The molecule has 1 aliphatic heterocycles. The first-order valence-corrected chi connectivity index (χ1v) is 8.50. The summed E-state index contributed by atoms with van der Waals surface area (Å²) >= 11 is 0. The van der Waals surface area contributed by atoms with Crippen molar-refractivity contribution in [1.29, 1.82) is 0 Å². The minimum atomic E-state index is -0.422. The SMILES string of the molecule is O=C(NCC(=O)N1CCN(c2ccccc2F)CC1)Nc1ccccc1. The minimum Gasteiger partial charge on any atom is -0.366 e. The topological polar surface area (TPSA) is 64.7 Å². The molecule has 2 aromatic rings. The molecule has 26 heavy (non-hydrogen) atoms. The van der Waals surface area contributed by atoms with Gasteiger partial charge < -0.3 is 20.4 Å². The lowest BCUT2D eigenvalue weighted by molar-refractivity contribution is -0.130. The van der Waals surface area contributed by atoms with Crippen LogP contribution in [0.4, 0.5) is 20.6 Å². The Morgan fingerprint density at radius 3 is 2.27 bits per heavy atom. The highest BCUT2D eigenvalue weighted by Crippen LogP contribution is 2.20. The number of halogens is 1. The molecule has 3 amide bonds. The summed E-state index contributed by atoms with van der Waals surface area (Å²) < 4.78 is 13.8. The number of piperazine rings is 1. The van der Waals surface area contributed by atoms with Gasteiger partial charge in [0, 0.05) is 31.9 Å². The first-order chi connectivity index (χ1) is 12.6. The summed E-state index contributed by atoms with van der Waals surface area (Å²) in [5.74, 6) is -0.409. The number of benzene rings is 2. The molecule has 0 spiro atoms. The number of urea groups is 1. The van der Waals surface area contributed by atoms with Crippen molar-refractivity contribution in [3.05, 3.63) is 60.4 Å². The van der Waals surface area contributed by atoms with Gasteiger partial charge in [0.2, 0.25) is 5.91 Å². The van der Waals surface area contributed by atoms with Gasteiger partial charge in [0.05, 0.1) is 12.2 Å². The van der Waals surface area contributed by atoms with Crippen molar-refractivity contribution in [3.8, 4) is 0 Å². The third-order valence-corrected chi connectivity index (χ3v) is 4.26. The van der Waals surface area contributed by atoms with E-state index in [2.05, 4.69) is 10.6 Å². The molecule has 0 saturated carbocycles. The summed E-state index contributed by atoms with van der Waals surface area (Å²) in [5.41, 5.74) is 1.22. The van der Waals surface area contributed by atoms with E-state index in [9.17, 15) is 14.0 Å². The summed E-state index contributed by atoms with van der Waals surface area (Å²) in [7, 11) is 0. The average Bonchev–Trinajstić information content (AvgIpc) is 2.67. The van der Waals surface area contributed by atoms with Crippen LogP contribution >= 0.6 is 0 Å². The maximum Gasteiger partial charge on any atom is 0.319 e. The second-order valence-electron chi connectivity index (χ2n) is 5.99. The van der Waals surface area contributed by atoms with Gasteiger partial charge in [-0.3, -0.25) is 4.79 Å². The van der Waals surface area contributed by atoms with Gasteiger partial charge in [-0.25, -0.2) is 9.18 Å². The number of anilines is 2. The summed E-state index contributed by atoms with van der Waals surface area (Å²) in [6.45, 7) is 2.04. The standard InChI is InChI=1S/C19H21FN4O2/c20-16-8-4-5-9-17(16)23-10-12-24(13-11-23)18(25)14-21-19(26)22-15-6-2-1-3-7-15/h1-9H,10-14H2,(H2,21,22,26). The monoisotopic (exact) mass is 356 g/mol. The Bertz CT molecular complexity index is 761. The highest BCUT2D eigenvalue weighted by atomic mass is 19.1. The van der Waals surface area contributed by atoms with E-state index in [0.717, 1.165) is 0 Å². The zero-order valence-electron chi connectivity index (χ0n) is 14.3. The molecule has 2 N–H and O–H groups in total. The van der Waals surface area contributed by atoms with Crippen LogP contribution in [0, 0.1) is 5.82 Å². The Kier molecular flexibility index (Phi) is 5.68. The number of hydrogen-bond donors (Lipinski definition) is 2. The van der Waals surface area contributed by atoms with Crippen molar-refractivity contribution in [2.45, 2.75) is 0 Å². The van der Waals surface area contributed by atoms with Crippen molar-refractivity contribution in [3.63, 3.8) is 0 Å². The molecule has 1 aliphatic rings. The van der Waals surface area contributed by atoms with Crippen LogP contribution in [0.3, 0.4) is 0 Å². The van der Waals surface area contributed by atoms with Crippen molar-refractivity contribution in [1.82, 2.24) is 10.2 Å². The average molecular weight is 356 g/mol. The first-order valence-electron chi connectivity index (χ1n) is 8.50. The second-order valence-corrected chi connectivity index (χ2v) is 5.99. The quantitative estimate of drug-likeness (QED) is 0.884. The molecule has 2 aromatic carbocycles. The van der Waals surface area contributed by atoms with Crippen molar-refractivity contribution >= 4 is 23.3 Å². The molecular weight excluding hydrogens is 335 g/mol. The van der Waals surface area contributed by atoms with Crippen LogP contribution in [0.25, 0.3) is 0 Å². The van der Waals surface area contributed by atoms with Crippen LogP contribution in [-0.4, -0.2) is 49.6 Å². The molecule has 7 heteroatoms. The Balaban J connectivity index is 1.44. The summed E-state index contributed by atoms with van der Waals surface area (Å²) in [6, 6.07) is 15.2. The molecule has 6 nitrogen and oxygen atoms in total. The number of rotatable bonds is 4. The first kappa shape index (κ1) is 17.7. The number of hydrogen-bond acceptors (Lipinski definition) is 3. The zero-order valence-corrected chi connectivity index (χ0v) is 14.3. The van der Waals surface area contributed by atoms with E-state index in [1.807, 2.05) is 23.1 Å². The smallest absolute Gasteiger partial charge is 0.319 e. The van der Waals surface area contributed by atoms with Gasteiger partial charge in [-0.05, 0) is 24.3 Å². The molecule has 3 rings (SSSR count). The molecule has 0 unspecified atom stereocenters. The third kappa shape index (κ3) is 4.50. The fourth-order valence-corrected chi connectivity index (χ4v) is 2.87. The number of nitrogens with zero attached hydrogens (tertiary/aromatic N) is 2. The molecule has 1 fully saturated rings. The molecular formula is C19H21FN4O2. The molecule has 136 valence electrons. The highest BCUT2D eigenvalue weighted by Gasteiger charge is 2.22. The van der Waals surface area contributed by atoms with Crippen LogP contribution in [0.1, 0.15) is 0 Å². The van der Waals surface area contributed by atoms with Crippen LogP contribution in [0.5, 0.6) is 0 Å². The zero-order chi connectivity index (χ0) is 18.4. The van der Waals surface area contributed by atoms with Gasteiger partial charge in [-0.15, -0.1) is 0 Å². The maximum atomic E-state index is 13.8. The molecule has 0 aliphatic carbocycles. The normalized spacial score (nSPS) is 14.0. The molecule has 0 aromatic heterocycles. The van der Waals surface area contributed by atoms with E-state index in [0.29, 0.717) is 37.6 Å². The Morgan fingerprint density at radius 2 is 1.58 bits per heavy atom. The fraction of sp³-hybridized carbons (Fsp3) is 0.263. The van der Waals surface area contributed by atoms with Gasteiger partial charge in [-0.2, -0.15) is 0 Å². The second kappa shape index (κ2) is 8.33. The fourth-order valence-electron chi connectivity index (χ4n) is 2.87. The summed E-state index contributed by atoms with van der Waals surface area (Å²) in [5, 5.41) is 5.23.